The number of ether oxygens (including phenoxy) is 2. The van der Waals surface area contributed by atoms with Crippen LogP contribution in [0, 0.1) is 0 Å². The van der Waals surface area contributed by atoms with Crippen molar-refractivity contribution in [1.82, 2.24) is 10.2 Å². The topological polar surface area (TPSA) is 73.3 Å². The Hall–Kier alpha value is -2.01. The Kier molecular flexibility index (Phi) is 5.04. The average molecular weight is 391 g/mol. The first kappa shape index (κ1) is 17.8. The van der Waals surface area contributed by atoms with E-state index in [2.05, 4.69) is 20.3 Å². The Morgan fingerprint density at radius 1 is 1.32 bits per heavy atom. The fourth-order valence-corrected chi connectivity index (χ4v) is 4.23. The van der Waals surface area contributed by atoms with Gasteiger partial charge in [0.2, 0.25) is 5.13 Å². The average Bonchev–Trinajstić information content (AvgIpc) is 3.06. The van der Waals surface area contributed by atoms with Crippen LogP contribution >= 0.6 is 23.1 Å². The molecule has 0 saturated carbocycles. The molecule has 1 aliphatic rings. The smallest absolute Gasteiger partial charge is 0.462 e. The molecule has 1 saturated heterocycles. The monoisotopic (exact) mass is 391 g/mol. The van der Waals surface area contributed by atoms with E-state index in [1.165, 1.54) is 47.4 Å². The molecule has 2 aromatic rings. The lowest BCUT2D eigenvalue weighted by molar-refractivity contribution is -0.274. The van der Waals surface area contributed by atoms with Crippen molar-refractivity contribution in [1.29, 1.82) is 0 Å². The predicted octanol–water partition coefficient (Wildman–Crippen LogP) is 3.98. The number of esters is 1. The van der Waals surface area contributed by atoms with Crippen molar-refractivity contribution in [2.24, 2.45) is 0 Å². The number of aromatic nitrogens is 2. The molecule has 3 rings (SSSR count). The molecule has 0 aliphatic carbocycles. The van der Waals surface area contributed by atoms with Crippen molar-refractivity contribution in [3.63, 3.8) is 0 Å². The standard InChI is InChI=1S/C14H12F3N3O3S2/c1-7-6-10(11(21)22-7)24-13-20-19-12(25-13)18-8-2-4-9(5-3-8)23-14(15,16)17/h2-5,7,10H,6H2,1H3,(H,18,19). The van der Waals surface area contributed by atoms with E-state index in [0.717, 1.165) is 0 Å². The van der Waals surface area contributed by atoms with Crippen molar-refractivity contribution in [3.05, 3.63) is 24.3 Å². The van der Waals surface area contributed by atoms with Crippen LogP contribution in [0.2, 0.25) is 0 Å². The number of thioether (sulfide) groups is 1. The predicted molar refractivity (Wildman–Crippen MR) is 86.1 cm³/mol. The van der Waals surface area contributed by atoms with Gasteiger partial charge in [0.15, 0.2) is 4.34 Å². The molecule has 0 amide bonds. The first-order valence-electron chi connectivity index (χ1n) is 7.12. The third-order valence-electron chi connectivity index (χ3n) is 3.11. The number of carbonyl (C=O) groups excluding carboxylic acids is 1. The molecule has 1 aromatic carbocycles. The Labute approximate surface area is 148 Å². The molecule has 25 heavy (non-hydrogen) atoms. The van der Waals surface area contributed by atoms with Gasteiger partial charge in [0.25, 0.3) is 0 Å². The summed E-state index contributed by atoms with van der Waals surface area (Å²) >= 11 is 2.53. The summed E-state index contributed by atoms with van der Waals surface area (Å²) < 4.78 is 45.9. The van der Waals surface area contributed by atoms with Gasteiger partial charge >= 0.3 is 12.3 Å². The van der Waals surface area contributed by atoms with Gasteiger partial charge in [-0.05, 0) is 31.2 Å². The van der Waals surface area contributed by atoms with Gasteiger partial charge in [0.1, 0.15) is 17.1 Å². The molecular formula is C14H12F3N3O3S2. The number of hydrogen-bond acceptors (Lipinski definition) is 8. The maximum absolute atomic E-state index is 12.1. The van der Waals surface area contributed by atoms with E-state index >= 15 is 0 Å². The number of rotatable bonds is 5. The van der Waals surface area contributed by atoms with E-state index in [9.17, 15) is 18.0 Å². The zero-order valence-electron chi connectivity index (χ0n) is 12.7. The Morgan fingerprint density at radius 2 is 2.04 bits per heavy atom. The molecule has 2 unspecified atom stereocenters. The summed E-state index contributed by atoms with van der Waals surface area (Å²) in [5, 5.41) is 11.0. The molecule has 2 heterocycles. The van der Waals surface area contributed by atoms with Crippen LogP contribution in [0.15, 0.2) is 28.6 Å². The molecule has 134 valence electrons. The van der Waals surface area contributed by atoms with Crippen LogP contribution in [0.1, 0.15) is 13.3 Å². The zero-order valence-corrected chi connectivity index (χ0v) is 14.4. The molecule has 1 fully saturated rings. The molecule has 11 heteroatoms. The molecule has 1 aromatic heterocycles. The second-order valence-corrected chi connectivity index (χ2v) is 7.59. The van der Waals surface area contributed by atoms with E-state index in [0.29, 0.717) is 21.6 Å². The number of alkyl halides is 3. The third kappa shape index (κ3) is 4.98. The largest absolute Gasteiger partial charge is 0.573 e. The maximum atomic E-state index is 12.1. The SMILES string of the molecule is CC1CC(Sc2nnc(Nc3ccc(OC(F)(F)F)cc3)s2)C(=O)O1. The number of anilines is 2. The number of hydrogen-bond donors (Lipinski definition) is 1. The van der Waals surface area contributed by atoms with E-state index in [1.807, 2.05) is 6.92 Å². The number of halogens is 3. The number of benzene rings is 1. The summed E-state index contributed by atoms with van der Waals surface area (Å²) in [4.78, 5) is 11.6. The van der Waals surface area contributed by atoms with Crippen LogP contribution < -0.4 is 10.1 Å². The molecule has 0 radical (unpaired) electrons. The second-order valence-electron chi connectivity index (χ2n) is 5.16. The highest BCUT2D eigenvalue weighted by Gasteiger charge is 2.33. The maximum Gasteiger partial charge on any atom is 0.573 e. The van der Waals surface area contributed by atoms with Crippen molar-refractivity contribution in [2.45, 2.75) is 35.4 Å². The van der Waals surface area contributed by atoms with E-state index in [4.69, 9.17) is 4.74 Å². The van der Waals surface area contributed by atoms with E-state index < -0.39 is 6.36 Å². The van der Waals surface area contributed by atoms with Crippen LogP contribution in [0.3, 0.4) is 0 Å². The second kappa shape index (κ2) is 7.08. The van der Waals surface area contributed by atoms with E-state index in [-0.39, 0.29) is 23.1 Å². The van der Waals surface area contributed by atoms with Crippen LogP contribution in [0.4, 0.5) is 24.0 Å². The third-order valence-corrected chi connectivity index (χ3v) is 5.24. The number of carbonyl (C=O) groups is 1. The fraction of sp³-hybridized carbons (Fsp3) is 0.357. The van der Waals surface area contributed by atoms with Gasteiger partial charge in [-0.2, -0.15) is 0 Å². The van der Waals surface area contributed by atoms with Crippen LogP contribution in [0.5, 0.6) is 5.75 Å². The molecule has 1 aliphatic heterocycles. The van der Waals surface area contributed by atoms with Crippen molar-refractivity contribution in [3.8, 4) is 5.75 Å². The van der Waals surface area contributed by atoms with Crippen molar-refractivity contribution >= 4 is 39.9 Å². The fourth-order valence-electron chi connectivity index (χ4n) is 2.11. The summed E-state index contributed by atoms with van der Waals surface area (Å²) in [6, 6.07) is 5.27. The summed E-state index contributed by atoms with van der Waals surface area (Å²) in [6.07, 6.45) is -4.21. The first-order valence-corrected chi connectivity index (χ1v) is 8.81. The molecule has 6 nitrogen and oxygen atoms in total. The molecule has 2 atom stereocenters. The van der Waals surface area contributed by atoms with Gasteiger partial charge in [-0.15, -0.1) is 23.4 Å². The highest BCUT2D eigenvalue weighted by Crippen LogP contribution is 2.35. The molecular weight excluding hydrogens is 379 g/mol. The van der Waals surface area contributed by atoms with Crippen LogP contribution in [0.25, 0.3) is 0 Å². The number of nitrogens with one attached hydrogen (secondary N) is 1. The summed E-state index contributed by atoms with van der Waals surface area (Å²) in [5.41, 5.74) is 0.538. The minimum absolute atomic E-state index is 0.104. The van der Waals surface area contributed by atoms with E-state index in [1.54, 1.807) is 0 Å². The summed E-state index contributed by atoms with van der Waals surface area (Å²) in [6.45, 7) is 1.83. The lowest BCUT2D eigenvalue weighted by atomic mass is 10.3. The highest BCUT2D eigenvalue weighted by atomic mass is 32.2. The quantitative estimate of drug-likeness (QED) is 0.773. The van der Waals surface area contributed by atoms with Gasteiger partial charge in [-0.3, -0.25) is 4.79 Å². The Morgan fingerprint density at radius 3 is 2.64 bits per heavy atom. The normalized spacial score (nSPS) is 20.4. The summed E-state index contributed by atoms with van der Waals surface area (Å²) in [5.74, 6) is -0.567. The lowest BCUT2D eigenvalue weighted by Gasteiger charge is -2.09. The Bertz CT molecular complexity index is 752. The van der Waals surface area contributed by atoms with Gasteiger partial charge in [0, 0.05) is 12.1 Å². The minimum Gasteiger partial charge on any atom is -0.462 e. The van der Waals surface area contributed by atoms with Gasteiger partial charge < -0.3 is 14.8 Å². The Balaban J connectivity index is 1.59. The number of nitrogens with zero attached hydrogens (tertiary/aromatic N) is 2. The van der Waals surface area contributed by atoms with Crippen molar-refractivity contribution < 1.29 is 27.4 Å². The molecule has 0 bridgehead atoms. The molecule has 1 N–H and O–H groups in total. The van der Waals surface area contributed by atoms with Crippen LogP contribution in [-0.2, 0) is 9.53 Å². The van der Waals surface area contributed by atoms with Gasteiger partial charge in [0.05, 0.1) is 0 Å². The molecule has 0 spiro atoms. The lowest BCUT2D eigenvalue weighted by Crippen LogP contribution is -2.16. The van der Waals surface area contributed by atoms with Gasteiger partial charge in [-0.25, -0.2) is 0 Å². The first-order chi connectivity index (χ1) is 11.8. The minimum atomic E-state index is -4.72. The van der Waals surface area contributed by atoms with Crippen LogP contribution in [-0.4, -0.2) is 33.9 Å². The summed E-state index contributed by atoms with van der Waals surface area (Å²) in [7, 11) is 0. The van der Waals surface area contributed by atoms with Gasteiger partial charge in [-0.1, -0.05) is 23.1 Å². The van der Waals surface area contributed by atoms with Crippen molar-refractivity contribution in [2.75, 3.05) is 5.32 Å². The highest BCUT2D eigenvalue weighted by molar-refractivity contribution is 8.02. The number of cyclic esters (lactones) is 1. The zero-order chi connectivity index (χ0) is 18.0.